The van der Waals surface area contributed by atoms with Gasteiger partial charge in [0, 0.05) is 18.1 Å². The Morgan fingerprint density at radius 2 is 2.04 bits per heavy atom. The van der Waals surface area contributed by atoms with Gasteiger partial charge >= 0.3 is 5.97 Å². The van der Waals surface area contributed by atoms with E-state index in [1.54, 1.807) is 24.3 Å². The summed E-state index contributed by atoms with van der Waals surface area (Å²) in [6, 6.07) is 5.71. The van der Waals surface area contributed by atoms with Crippen molar-refractivity contribution >= 4 is 29.4 Å². The van der Waals surface area contributed by atoms with Crippen LogP contribution in [-0.2, 0) is 19.1 Å². The highest BCUT2D eigenvalue weighted by molar-refractivity contribution is 6.30. The molecule has 0 bridgehead atoms. The highest BCUT2D eigenvalue weighted by Gasteiger charge is 2.35. The van der Waals surface area contributed by atoms with Crippen LogP contribution in [0.1, 0.15) is 6.42 Å². The SMILES string of the molecule is COC(=O)CC1C(=O)NCCN1C(=O)COc1ccc(Cl)cc1. The summed E-state index contributed by atoms with van der Waals surface area (Å²) in [5.41, 5.74) is 0. The number of hydrogen-bond acceptors (Lipinski definition) is 5. The first-order valence-corrected chi connectivity index (χ1v) is 7.41. The minimum absolute atomic E-state index is 0.185. The average Bonchev–Trinajstić information content (AvgIpc) is 2.55. The number of rotatable bonds is 5. The predicted molar refractivity (Wildman–Crippen MR) is 82.1 cm³/mol. The normalized spacial score (nSPS) is 17.4. The lowest BCUT2D eigenvalue weighted by Gasteiger charge is -2.34. The smallest absolute Gasteiger partial charge is 0.308 e. The van der Waals surface area contributed by atoms with Crippen molar-refractivity contribution in [3.63, 3.8) is 0 Å². The predicted octanol–water partition coefficient (Wildman–Crippen LogP) is 0.609. The maximum atomic E-state index is 12.3. The summed E-state index contributed by atoms with van der Waals surface area (Å²) in [6.45, 7) is 0.423. The summed E-state index contributed by atoms with van der Waals surface area (Å²) in [5.74, 6) is -0.803. The molecule has 124 valence electrons. The standard InChI is InChI=1S/C15H17ClN2O5/c1-22-14(20)8-12-15(21)17-6-7-18(12)13(19)9-23-11-4-2-10(16)3-5-11/h2-5,12H,6-9H2,1H3,(H,17,21). The fourth-order valence-corrected chi connectivity index (χ4v) is 2.34. The molecule has 1 fully saturated rings. The molecule has 0 saturated carbocycles. The minimum Gasteiger partial charge on any atom is -0.484 e. The van der Waals surface area contributed by atoms with Gasteiger partial charge in [-0.25, -0.2) is 0 Å². The van der Waals surface area contributed by atoms with Gasteiger partial charge in [0.1, 0.15) is 11.8 Å². The number of halogens is 1. The monoisotopic (exact) mass is 340 g/mol. The highest BCUT2D eigenvalue weighted by atomic mass is 35.5. The molecule has 1 saturated heterocycles. The molecule has 0 spiro atoms. The Morgan fingerprint density at radius 1 is 1.35 bits per heavy atom. The van der Waals surface area contributed by atoms with Crippen molar-refractivity contribution in [3.8, 4) is 5.75 Å². The molecule has 23 heavy (non-hydrogen) atoms. The number of carbonyl (C=O) groups excluding carboxylic acids is 3. The van der Waals surface area contributed by atoms with Crippen LogP contribution >= 0.6 is 11.6 Å². The van der Waals surface area contributed by atoms with E-state index in [-0.39, 0.29) is 24.8 Å². The summed E-state index contributed by atoms with van der Waals surface area (Å²) >= 11 is 5.77. The van der Waals surface area contributed by atoms with Crippen LogP contribution in [0.5, 0.6) is 5.75 Å². The molecule has 1 aliphatic heterocycles. The molecular weight excluding hydrogens is 324 g/mol. The molecule has 2 amide bonds. The van der Waals surface area contributed by atoms with E-state index >= 15 is 0 Å². The van der Waals surface area contributed by atoms with Gasteiger partial charge in [-0.2, -0.15) is 0 Å². The maximum absolute atomic E-state index is 12.3. The Bertz CT molecular complexity index is 590. The fraction of sp³-hybridized carbons (Fsp3) is 0.400. The second-order valence-electron chi connectivity index (χ2n) is 4.92. The van der Waals surface area contributed by atoms with Crippen LogP contribution in [0, 0.1) is 0 Å². The number of ether oxygens (including phenoxy) is 2. The van der Waals surface area contributed by atoms with E-state index in [0.29, 0.717) is 23.9 Å². The zero-order valence-corrected chi connectivity index (χ0v) is 13.3. The van der Waals surface area contributed by atoms with E-state index < -0.39 is 12.0 Å². The topological polar surface area (TPSA) is 84.9 Å². The Kier molecular flexibility index (Phi) is 5.81. The molecular formula is C15H17ClN2O5. The van der Waals surface area contributed by atoms with Crippen LogP contribution in [0.15, 0.2) is 24.3 Å². The molecule has 1 aliphatic rings. The Balaban J connectivity index is 1.98. The van der Waals surface area contributed by atoms with E-state index in [1.807, 2.05) is 0 Å². The highest BCUT2D eigenvalue weighted by Crippen LogP contribution is 2.16. The van der Waals surface area contributed by atoms with Gasteiger partial charge in [0.2, 0.25) is 5.91 Å². The van der Waals surface area contributed by atoms with E-state index in [0.717, 1.165) is 0 Å². The maximum Gasteiger partial charge on any atom is 0.308 e. The number of carbonyl (C=O) groups is 3. The van der Waals surface area contributed by atoms with E-state index in [4.69, 9.17) is 16.3 Å². The van der Waals surface area contributed by atoms with Gasteiger partial charge in [-0.1, -0.05) is 11.6 Å². The summed E-state index contributed by atoms with van der Waals surface area (Å²) in [6.07, 6.45) is -0.185. The molecule has 1 aromatic carbocycles. The lowest BCUT2D eigenvalue weighted by molar-refractivity contribution is -0.151. The quantitative estimate of drug-likeness (QED) is 0.794. The van der Waals surface area contributed by atoms with Crippen LogP contribution in [0.4, 0.5) is 0 Å². The largest absolute Gasteiger partial charge is 0.484 e. The number of esters is 1. The minimum atomic E-state index is -0.877. The molecule has 0 radical (unpaired) electrons. The second-order valence-corrected chi connectivity index (χ2v) is 5.35. The molecule has 1 atom stereocenters. The Morgan fingerprint density at radius 3 is 2.70 bits per heavy atom. The van der Waals surface area contributed by atoms with Gasteiger partial charge in [-0.3, -0.25) is 14.4 Å². The van der Waals surface area contributed by atoms with Crippen LogP contribution in [0.3, 0.4) is 0 Å². The van der Waals surface area contributed by atoms with Gasteiger partial charge < -0.3 is 19.7 Å². The first-order chi connectivity index (χ1) is 11.0. The van der Waals surface area contributed by atoms with Crippen LogP contribution in [0.2, 0.25) is 5.02 Å². The van der Waals surface area contributed by atoms with Gasteiger partial charge in [0.25, 0.3) is 5.91 Å². The van der Waals surface area contributed by atoms with E-state index in [2.05, 4.69) is 10.1 Å². The lowest BCUT2D eigenvalue weighted by atomic mass is 10.1. The number of nitrogens with one attached hydrogen (secondary N) is 1. The number of nitrogens with zero attached hydrogens (tertiary/aromatic N) is 1. The molecule has 1 heterocycles. The van der Waals surface area contributed by atoms with Crippen molar-refractivity contribution in [2.75, 3.05) is 26.8 Å². The van der Waals surface area contributed by atoms with E-state index in [1.165, 1.54) is 12.0 Å². The molecule has 0 aliphatic carbocycles. The molecule has 1 unspecified atom stereocenters. The third-order valence-electron chi connectivity index (χ3n) is 3.41. The fourth-order valence-electron chi connectivity index (χ4n) is 2.22. The van der Waals surface area contributed by atoms with Crippen molar-refractivity contribution in [3.05, 3.63) is 29.3 Å². The third-order valence-corrected chi connectivity index (χ3v) is 3.67. The van der Waals surface area contributed by atoms with Gasteiger partial charge in [0.15, 0.2) is 6.61 Å². The van der Waals surface area contributed by atoms with Crippen molar-refractivity contribution in [1.29, 1.82) is 0 Å². The van der Waals surface area contributed by atoms with Gasteiger partial charge in [-0.15, -0.1) is 0 Å². The van der Waals surface area contributed by atoms with Crippen molar-refractivity contribution < 1.29 is 23.9 Å². The molecule has 7 nitrogen and oxygen atoms in total. The van der Waals surface area contributed by atoms with Crippen LogP contribution in [-0.4, -0.2) is 55.5 Å². The number of methoxy groups -OCH3 is 1. The number of benzene rings is 1. The Hall–Kier alpha value is -2.28. The third kappa shape index (κ3) is 4.59. The zero-order valence-electron chi connectivity index (χ0n) is 12.6. The molecule has 8 heteroatoms. The van der Waals surface area contributed by atoms with Gasteiger partial charge in [0.05, 0.1) is 13.5 Å². The number of hydrogen-bond donors (Lipinski definition) is 1. The molecule has 1 aromatic rings. The lowest BCUT2D eigenvalue weighted by Crippen LogP contribution is -2.58. The first kappa shape index (κ1) is 17.1. The summed E-state index contributed by atoms with van der Waals surface area (Å²) in [4.78, 5) is 37.0. The molecule has 2 rings (SSSR count). The Labute approximate surface area is 138 Å². The number of amides is 2. The summed E-state index contributed by atoms with van der Waals surface area (Å²) in [5, 5.41) is 3.19. The number of piperazine rings is 1. The van der Waals surface area contributed by atoms with Crippen molar-refractivity contribution in [2.24, 2.45) is 0 Å². The summed E-state index contributed by atoms with van der Waals surface area (Å²) in [7, 11) is 1.23. The van der Waals surface area contributed by atoms with Crippen molar-refractivity contribution in [1.82, 2.24) is 10.2 Å². The average molecular weight is 341 g/mol. The second kappa shape index (κ2) is 7.82. The first-order valence-electron chi connectivity index (χ1n) is 7.03. The van der Waals surface area contributed by atoms with Crippen molar-refractivity contribution in [2.45, 2.75) is 12.5 Å². The molecule has 1 N–H and O–H groups in total. The van der Waals surface area contributed by atoms with E-state index in [9.17, 15) is 14.4 Å². The van der Waals surface area contributed by atoms with Crippen LogP contribution < -0.4 is 10.1 Å². The zero-order chi connectivity index (χ0) is 16.8. The summed E-state index contributed by atoms with van der Waals surface area (Å²) < 4.78 is 9.96. The van der Waals surface area contributed by atoms with Gasteiger partial charge in [-0.05, 0) is 24.3 Å². The van der Waals surface area contributed by atoms with Crippen LogP contribution in [0.25, 0.3) is 0 Å². The molecule has 0 aromatic heterocycles.